The summed E-state index contributed by atoms with van der Waals surface area (Å²) in [4.78, 5) is 13.1. The summed E-state index contributed by atoms with van der Waals surface area (Å²) in [5.41, 5.74) is 8.05. The number of halogens is 1. The number of aromatic nitrogens is 3. The van der Waals surface area contributed by atoms with Crippen molar-refractivity contribution >= 4 is 11.6 Å². The van der Waals surface area contributed by atoms with Gasteiger partial charge in [-0.3, -0.25) is 4.98 Å². The summed E-state index contributed by atoms with van der Waals surface area (Å²) < 4.78 is 0. The third kappa shape index (κ3) is 4.23. The number of rotatable bonds is 4. The third-order valence-corrected chi connectivity index (χ3v) is 5.31. The molecule has 31 heavy (non-hydrogen) atoms. The fraction of sp³-hybridized carbons (Fsp3) is 0. The van der Waals surface area contributed by atoms with Crippen molar-refractivity contribution in [3.05, 3.63) is 115 Å². The lowest BCUT2D eigenvalue weighted by Crippen LogP contribution is -1.92. The van der Waals surface area contributed by atoms with Gasteiger partial charge in [-0.15, -0.1) is 0 Å². The van der Waals surface area contributed by atoms with E-state index in [9.17, 15) is 0 Å². The first kappa shape index (κ1) is 19.2. The Morgan fingerprint density at radius 1 is 0.484 bits per heavy atom. The fourth-order valence-electron chi connectivity index (χ4n) is 3.57. The van der Waals surface area contributed by atoms with E-state index in [1.807, 2.05) is 66.9 Å². The highest BCUT2D eigenvalue weighted by Gasteiger charge is 2.09. The topological polar surface area (TPSA) is 38.7 Å². The molecule has 3 nitrogen and oxygen atoms in total. The Hall–Kier alpha value is -3.82. The Balaban J connectivity index is 1.50. The number of hydrogen-bond donors (Lipinski definition) is 0. The van der Waals surface area contributed by atoms with E-state index < -0.39 is 0 Å². The standard InChI is InChI=1S/C27H18ClN3/c28-27-30-25(21-13-11-20(12-14-21)24-10-5-15-29-18-24)17-26(31-27)23-9-4-8-22(16-23)19-6-2-1-3-7-19/h1-18H. The van der Waals surface area contributed by atoms with Gasteiger partial charge in [0, 0.05) is 23.5 Å². The molecule has 0 atom stereocenters. The van der Waals surface area contributed by atoms with E-state index in [0.717, 1.165) is 44.8 Å². The summed E-state index contributed by atoms with van der Waals surface area (Å²) in [5.74, 6) is 0. The van der Waals surface area contributed by atoms with Crippen molar-refractivity contribution in [2.45, 2.75) is 0 Å². The minimum absolute atomic E-state index is 0.231. The molecule has 0 fully saturated rings. The molecule has 0 aliphatic rings. The van der Waals surface area contributed by atoms with Crippen LogP contribution in [-0.2, 0) is 0 Å². The fourth-order valence-corrected chi connectivity index (χ4v) is 3.75. The van der Waals surface area contributed by atoms with Crippen molar-refractivity contribution in [2.75, 3.05) is 0 Å². The van der Waals surface area contributed by atoms with Crippen molar-refractivity contribution < 1.29 is 0 Å². The second-order valence-electron chi connectivity index (χ2n) is 7.17. The Morgan fingerprint density at radius 3 is 1.84 bits per heavy atom. The van der Waals surface area contributed by atoms with Gasteiger partial charge in [-0.2, -0.15) is 0 Å². The Morgan fingerprint density at radius 2 is 1.10 bits per heavy atom. The van der Waals surface area contributed by atoms with E-state index in [2.05, 4.69) is 51.4 Å². The van der Waals surface area contributed by atoms with Gasteiger partial charge in [0.05, 0.1) is 11.4 Å². The molecule has 5 aromatic rings. The van der Waals surface area contributed by atoms with Gasteiger partial charge in [0.25, 0.3) is 0 Å². The summed E-state index contributed by atoms with van der Waals surface area (Å²) in [7, 11) is 0. The van der Waals surface area contributed by atoms with Crippen molar-refractivity contribution in [1.82, 2.24) is 15.0 Å². The van der Waals surface area contributed by atoms with Crippen LogP contribution in [0.25, 0.3) is 44.8 Å². The van der Waals surface area contributed by atoms with Gasteiger partial charge < -0.3 is 0 Å². The van der Waals surface area contributed by atoms with Gasteiger partial charge >= 0.3 is 0 Å². The smallest absolute Gasteiger partial charge is 0.223 e. The molecule has 2 aromatic heterocycles. The largest absolute Gasteiger partial charge is 0.264 e. The monoisotopic (exact) mass is 419 g/mol. The maximum Gasteiger partial charge on any atom is 0.223 e. The first-order valence-corrected chi connectivity index (χ1v) is 10.4. The van der Waals surface area contributed by atoms with Gasteiger partial charge in [0.2, 0.25) is 5.28 Å². The predicted octanol–water partition coefficient (Wildman–Crippen LogP) is 7.19. The lowest BCUT2D eigenvalue weighted by atomic mass is 10.0. The molecule has 0 amide bonds. The first-order valence-electron chi connectivity index (χ1n) is 9.97. The van der Waals surface area contributed by atoms with Crippen LogP contribution in [0.2, 0.25) is 5.28 Å². The van der Waals surface area contributed by atoms with Crippen LogP contribution in [-0.4, -0.2) is 15.0 Å². The zero-order chi connectivity index (χ0) is 21.0. The molecular weight excluding hydrogens is 402 g/mol. The minimum atomic E-state index is 0.231. The highest BCUT2D eigenvalue weighted by atomic mass is 35.5. The predicted molar refractivity (Wildman–Crippen MR) is 127 cm³/mol. The Labute approximate surface area is 186 Å². The molecule has 3 aromatic carbocycles. The zero-order valence-corrected chi connectivity index (χ0v) is 17.4. The molecule has 0 saturated heterocycles. The van der Waals surface area contributed by atoms with E-state index in [4.69, 9.17) is 11.6 Å². The average Bonchev–Trinajstić information content (AvgIpc) is 2.85. The van der Waals surface area contributed by atoms with Gasteiger partial charge in [0.15, 0.2) is 0 Å². The summed E-state index contributed by atoms with van der Waals surface area (Å²) >= 11 is 6.30. The van der Waals surface area contributed by atoms with Crippen LogP contribution in [0.5, 0.6) is 0 Å². The SMILES string of the molecule is Clc1nc(-c2ccc(-c3cccnc3)cc2)cc(-c2cccc(-c3ccccc3)c2)n1. The summed E-state index contributed by atoms with van der Waals surface area (Å²) in [6, 6.07) is 32.8. The van der Waals surface area contributed by atoms with Crippen LogP contribution < -0.4 is 0 Å². The third-order valence-electron chi connectivity index (χ3n) is 5.14. The molecule has 148 valence electrons. The molecule has 0 aliphatic carbocycles. The van der Waals surface area contributed by atoms with Crippen molar-refractivity contribution in [3.63, 3.8) is 0 Å². The van der Waals surface area contributed by atoms with E-state index in [1.165, 1.54) is 0 Å². The van der Waals surface area contributed by atoms with Crippen LogP contribution in [0.3, 0.4) is 0 Å². The molecule has 0 aliphatic heterocycles. The van der Waals surface area contributed by atoms with E-state index >= 15 is 0 Å². The number of nitrogens with zero attached hydrogens (tertiary/aromatic N) is 3. The van der Waals surface area contributed by atoms with Crippen LogP contribution in [0, 0.1) is 0 Å². The van der Waals surface area contributed by atoms with Crippen molar-refractivity contribution in [1.29, 1.82) is 0 Å². The van der Waals surface area contributed by atoms with Gasteiger partial charge in [0.1, 0.15) is 0 Å². The molecule has 0 saturated carbocycles. The first-order chi connectivity index (χ1) is 15.3. The normalized spacial score (nSPS) is 10.7. The molecule has 0 radical (unpaired) electrons. The molecule has 0 bridgehead atoms. The molecule has 0 N–H and O–H groups in total. The number of pyridine rings is 1. The van der Waals surface area contributed by atoms with Gasteiger partial charge in [-0.25, -0.2) is 9.97 Å². The van der Waals surface area contributed by atoms with E-state index in [-0.39, 0.29) is 5.28 Å². The van der Waals surface area contributed by atoms with Crippen LogP contribution in [0.4, 0.5) is 0 Å². The highest BCUT2D eigenvalue weighted by molar-refractivity contribution is 6.28. The molecule has 2 heterocycles. The molecule has 4 heteroatoms. The van der Waals surface area contributed by atoms with Crippen molar-refractivity contribution in [3.8, 4) is 44.8 Å². The quantitative estimate of drug-likeness (QED) is 0.289. The highest BCUT2D eigenvalue weighted by Crippen LogP contribution is 2.29. The lowest BCUT2D eigenvalue weighted by Gasteiger charge is -2.09. The second-order valence-corrected chi connectivity index (χ2v) is 7.51. The summed E-state index contributed by atoms with van der Waals surface area (Å²) in [6.45, 7) is 0. The Kier molecular flexibility index (Phi) is 5.26. The maximum atomic E-state index is 6.30. The maximum absolute atomic E-state index is 6.30. The molecule has 0 spiro atoms. The summed E-state index contributed by atoms with van der Waals surface area (Å²) in [5, 5.41) is 0.231. The van der Waals surface area contributed by atoms with Gasteiger partial charge in [-0.1, -0.05) is 78.9 Å². The van der Waals surface area contributed by atoms with Crippen LogP contribution >= 0.6 is 11.6 Å². The van der Waals surface area contributed by atoms with Crippen molar-refractivity contribution in [2.24, 2.45) is 0 Å². The number of hydrogen-bond acceptors (Lipinski definition) is 3. The second kappa shape index (κ2) is 8.50. The van der Waals surface area contributed by atoms with Gasteiger partial charge in [-0.05, 0) is 52.1 Å². The Bertz CT molecular complexity index is 1320. The number of benzene rings is 3. The average molecular weight is 420 g/mol. The van der Waals surface area contributed by atoms with Crippen LogP contribution in [0.15, 0.2) is 109 Å². The zero-order valence-electron chi connectivity index (χ0n) is 16.6. The molecular formula is C27H18ClN3. The van der Waals surface area contributed by atoms with Crippen LogP contribution in [0.1, 0.15) is 0 Å². The minimum Gasteiger partial charge on any atom is -0.264 e. The van der Waals surface area contributed by atoms with E-state index in [0.29, 0.717) is 0 Å². The molecule has 5 rings (SSSR count). The molecule has 0 unspecified atom stereocenters. The van der Waals surface area contributed by atoms with E-state index in [1.54, 1.807) is 6.20 Å². The lowest BCUT2D eigenvalue weighted by molar-refractivity contribution is 1.18. The summed E-state index contributed by atoms with van der Waals surface area (Å²) in [6.07, 6.45) is 3.63.